The van der Waals surface area contributed by atoms with Crippen LogP contribution >= 0.6 is 12.2 Å². The number of aromatic nitrogens is 3. The van der Waals surface area contributed by atoms with E-state index < -0.39 is 0 Å². The van der Waals surface area contributed by atoms with Gasteiger partial charge in [0.25, 0.3) is 0 Å². The SMILES string of the molecule is CC(C)c1cc(-c2nn(N)c(=S)n2-c2ccccc2)ccc1N=O. The molecule has 2 N–H and O–H groups in total. The number of hydrogen-bond donors (Lipinski definition) is 1. The molecule has 6 nitrogen and oxygen atoms in total. The highest BCUT2D eigenvalue weighted by Gasteiger charge is 2.16. The van der Waals surface area contributed by atoms with Crippen molar-refractivity contribution in [1.29, 1.82) is 0 Å². The first kappa shape index (κ1) is 16.1. The zero-order valence-electron chi connectivity index (χ0n) is 13.4. The Morgan fingerprint density at radius 2 is 1.88 bits per heavy atom. The number of benzene rings is 2. The summed E-state index contributed by atoms with van der Waals surface area (Å²) in [5.41, 5.74) is 2.99. The van der Waals surface area contributed by atoms with Crippen molar-refractivity contribution in [2.24, 2.45) is 5.18 Å². The standard InChI is InChI=1S/C17H17N5OS/c1-11(2)14-10-12(8-9-15(14)20-23)16-19-22(18)17(24)21(16)13-6-4-3-5-7-13/h3-11H,18H2,1-2H3. The van der Waals surface area contributed by atoms with Crippen LogP contribution in [0.25, 0.3) is 17.1 Å². The van der Waals surface area contributed by atoms with Crippen LogP contribution in [-0.2, 0) is 0 Å². The zero-order chi connectivity index (χ0) is 17.3. The van der Waals surface area contributed by atoms with E-state index in [0.29, 0.717) is 16.3 Å². The van der Waals surface area contributed by atoms with E-state index in [9.17, 15) is 4.91 Å². The van der Waals surface area contributed by atoms with Crippen molar-refractivity contribution < 1.29 is 0 Å². The third kappa shape index (κ3) is 2.74. The Kier molecular flexibility index (Phi) is 4.26. The fourth-order valence-corrected chi connectivity index (χ4v) is 2.85. The van der Waals surface area contributed by atoms with E-state index >= 15 is 0 Å². The van der Waals surface area contributed by atoms with E-state index in [-0.39, 0.29) is 5.92 Å². The lowest BCUT2D eigenvalue weighted by Gasteiger charge is -2.11. The van der Waals surface area contributed by atoms with Crippen LogP contribution in [0, 0.1) is 9.68 Å². The Balaban J connectivity index is 2.25. The highest BCUT2D eigenvalue weighted by molar-refractivity contribution is 7.71. The van der Waals surface area contributed by atoms with E-state index in [1.165, 1.54) is 4.79 Å². The number of rotatable bonds is 4. The first-order chi connectivity index (χ1) is 11.5. The monoisotopic (exact) mass is 339 g/mol. The molecule has 24 heavy (non-hydrogen) atoms. The van der Waals surface area contributed by atoms with Crippen molar-refractivity contribution in [2.45, 2.75) is 19.8 Å². The Labute approximate surface area is 144 Å². The molecule has 3 rings (SSSR count). The molecule has 122 valence electrons. The highest BCUT2D eigenvalue weighted by Crippen LogP contribution is 2.32. The van der Waals surface area contributed by atoms with Gasteiger partial charge in [0, 0.05) is 5.56 Å². The summed E-state index contributed by atoms with van der Waals surface area (Å²) in [5, 5.41) is 7.46. The van der Waals surface area contributed by atoms with Gasteiger partial charge < -0.3 is 5.84 Å². The van der Waals surface area contributed by atoms with Crippen LogP contribution in [0.15, 0.2) is 53.7 Å². The molecule has 1 aromatic heterocycles. The molecule has 2 aromatic carbocycles. The Hall–Kier alpha value is -2.80. The minimum absolute atomic E-state index is 0.158. The van der Waals surface area contributed by atoms with Gasteiger partial charge in [0.05, 0.1) is 5.69 Å². The van der Waals surface area contributed by atoms with Crippen LogP contribution in [0.4, 0.5) is 5.69 Å². The molecule has 0 spiro atoms. The minimum atomic E-state index is 0.158. The molecule has 0 saturated carbocycles. The van der Waals surface area contributed by atoms with Crippen LogP contribution < -0.4 is 5.84 Å². The number of hydrogen-bond acceptors (Lipinski definition) is 5. The molecule has 0 atom stereocenters. The van der Waals surface area contributed by atoms with E-state index in [4.69, 9.17) is 18.1 Å². The fourth-order valence-electron chi connectivity index (χ4n) is 2.62. The minimum Gasteiger partial charge on any atom is -0.320 e. The third-order valence-electron chi connectivity index (χ3n) is 3.82. The van der Waals surface area contributed by atoms with Crippen molar-refractivity contribution in [1.82, 2.24) is 14.5 Å². The van der Waals surface area contributed by atoms with Crippen molar-refractivity contribution in [3.8, 4) is 17.1 Å². The predicted molar refractivity (Wildman–Crippen MR) is 97.5 cm³/mol. The quantitative estimate of drug-likeness (QED) is 0.436. The molecule has 0 amide bonds. The van der Waals surface area contributed by atoms with Crippen molar-refractivity contribution in [3.63, 3.8) is 0 Å². The summed E-state index contributed by atoms with van der Waals surface area (Å²) < 4.78 is 2.20. The van der Waals surface area contributed by atoms with Gasteiger partial charge in [-0.1, -0.05) is 32.0 Å². The van der Waals surface area contributed by atoms with Crippen LogP contribution in [0.2, 0.25) is 0 Å². The molecule has 0 fully saturated rings. The van der Waals surface area contributed by atoms with Crippen LogP contribution in [0.5, 0.6) is 0 Å². The molecule has 7 heteroatoms. The number of para-hydroxylation sites is 1. The van der Waals surface area contributed by atoms with Crippen molar-refractivity contribution in [3.05, 3.63) is 63.8 Å². The molecular weight excluding hydrogens is 322 g/mol. The molecule has 1 heterocycles. The second-order valence-corrected chi connectivity index (χ2v) is 6.11. The lowest BCUT2D eigenvalue weighted by molar-refractivity contribution is 0.812. The second-order valence-electron chi connectivity index (χ2n) is 5.74. The van der Waals surface area contributed by atoms with Crippen molar-refractivity contribution in [2.75, 3.05) is 5.84 Å². The van der Waals surface area contributed by atoms with Crippen LogP contribution in [-0.4, -0.2) is 14.5 Å². The maximum absolute atomic E-state index is 11.0. The number of nitrogens with zero attached hydrogens (tertiary/aromatic N) is 4. The molecule has 0 saturated heterocycles. The lowest BCUT2D eigenvalue weighted by Crippen LogP contribution is -2.10. The van der Waals surface area contributed by atoms with Gasteiger partial charge in [-0.05, 0) is 59.2 Å². The van der Waals surface area contributed by atoms with Crippen LogP contribution in [0.3, 0.4) is 0 Å². The van der Waals surface area contributed by atoms with E-state index in [0.717, 1.165) is 16.8 Å². The summed E-state index contributed by atoms with van der Waals surface area (Å²) in [7, 11) is 0. The maximum Gasteiger partial charge on any atom is 0.223 e. The van der Waals surface area contributed by atoms with Gasteiger partial charge >= 0.3 is 0 Å². The topological polar surface area (TPSA) is 78.2 Å². The van der Waals surface area contributed by atoms with Gasteiger partial charge in [0.1, 0.15) is 5.69 Å². The predicted octanol–water partition coefficient (Wildman–Crippen LogP) is 4.31. The second kappa shape index (κ2) is 6.37. The third-order valence-corrected chi connectivity index (χ3v) is 4.19. The van der Waals surface area contributed by atoms with Gasteiger partial charge in [-0.2, -0.15) is 4.79 Å². The molecule has 0 aliphatic heterocycles. The van der Waals surface area contributed by atoms with E-state index in [1.54, 1.807) is 12.1 Å². The van der Waals surface area contributed by atoms with Gasteiger partial charge in [0.2, 0.25) is 4.77 Å². The molecule has 0 unspecified atom stereocenters. The number of nitroso groups, excluding NO2 is 1. The van der Waals surface area contributed by atoms with Gasteiger partial charge in [0.15, 0.2) is 5.82 Å². The van der Waals surface area contributed by atoms with Gasteiger partial charge in [-0.25, -0.2) is 0 Å². The number of nitrogen functional groups attached to an aromatic ring is 1. The highest BCUT2D eigenvalue weighted by atomic mass is 32.1. The summed E-state index contributed by atoms with van der Waals surface area (Å²) in [4.78, 5) is 12.2. The smallest absolute Gasteiger partial charge is 0.223 e. The van der Waals surface area contributed by atoms with E-state index in [2.05, 4.69) is 10.3 Å². The van der Waals surface area contributed by atoms with Crippen LogP contribution in [0.1, 0.15) is 25.3 Å². The Morgan fingerprint density at radius 3 is 2.50 bits per heavy atom. The fraction of sp³-hybridized carbons (Fsp3) is 0.176. The summed E-state index contributed by atoms with van der Waals surface area (Å²) in [6.45, 7) is 4.03. The molecule has 0 aliphatic rings. The zero-order valence-corrected chi connectivity index (χ0v) is 14.2. The molecular formula is C17H17N5OS. The normalized spacial score (nSPS) is 11.0. The summed E-state index contributed by atoms with van der Waals surface area (Å²) in [6.07, 6.45) is 0. The lowest BCUT2D eigenvalue weighted by atomic mass is 9.98. The molecule has 0 bridgehead atoms. The molecule has 0 radical (unpaired) electrons. The average molecular weight is 339 g/mol. The van der Waals surface area contributed by atoms with Crippen molar-refractivity contribution >= 4 is 17.9 Å². The summed E-state index contributed by atoms with van der Waals surface area (Å²) >= 11 is 5.40. The molecule has 0 aliphatic carbocycles. The Bertz CT molecular complexity index is 943. The van der Waals surface area contributed by atoms with Gasteiger partial charge in [-0.3, -0.25) is 4.57 Å². The first-order valence-electron chi connectivity index (χ1n) is 7.53. The largest absolute Gasteiger partial charge is 0.320 e. The molecule has 3 aromatic rings. The maximum atomic E-state index is 11.0. The summed E-state index contributed by atoms with van der Waals surface area (Å²) in [5.74, 6) is 6.66. The average Bonchev–Trinajstić information content (AvgIpc) is 2.90. The Morgan fingerprint density at radius 1 is 1.17 bits per heavy atom. The summed E-state index contributed by atoms with van der Waals surface area (Å²) in [6, 6.07) is 15.1. The number of nitrogens with two attached hydrogens (primary N) is 1. The first-order valence-corrected chi connectivity index (χ1v) is 7.94. The van der Waals surface area contributed by atoms with Gasteiger partial charge in [-0.15, -0.1) is 10.0 Å². The van der Waals surface area contributed by atoms with E-state index in [1.807, 2.05) is 54.8 Å².